The predicted octanol–water partition coefficient (Wildman–Crippen LogP) is 0.358. The molecule has 1 rings (SSSR count). The number of amides is 1. The van der Waals surface area contributed by atoms with Gasteiger partial charge in [-0.15, -0.1) is 0 Å². The Hall–Kier alpha value is -1.39. The summed E-state index contributed by atoms with van der Waals surface area (Å²) in [5, 5.41) is 12.2. The summed E-state index contributed by atoms with van der Waals surface area (Å²) in [6.45, 7) is 3.20. The number of nitrogens with one attached hydrogen (secondary N) is 1. The molecule has 0 saturated heterocycles. The number of hydrogen-bond acceptors (Lipinski definition) is 3. The van der Waals surface area contributed by atoms with Crippen LogP contribution in [-0.2, 0) is 10.3 Å². The average molecular weight is 222 g/mol. The van der Waals surface area contributed by atoms with Crippen molar-refractivity contribution in [3.8, 4) is 0 Å². The van der Waals surface area contributed by atoms with Gasteiger partial charge in [0.25, 0.3) is 0 Å². The Bertz CT molecular complexity index is 351. The largest absolute Gasteiger partial charge is 0.394 e. The molecule has 0 heterocycles. The number of aliphatic hydroxyl groups is 1. The zero-order chi connectivity index (χ0) is 12.2. The van der Waals surface area contributed by atoms with Gasteiger partial charge in [0, 0.05) is 0 Å². The van der Waals surface area contributed by atoms with Crippen molar-refractivity contribution >= 4 is 5.91 Å². The lowest BCUT2D eigenvalue weighted by atomic mass is 9.92. The maximum atomic E-state index is 11.5. The molecule has 0 bridgehead atoms. The lowest BCUT2D eigenvalue weighted by Crippen LogP contribution is -2.51. The van der Waals surface area contributed by atoms with Crippen molar-refractivity contribution < 1.29 is 9.90 Å². The van der Waals surface area contributed by atoms with Crippen LogP contribution in [0.4, 0.5) is 0 Å². The molecule has 2 atom stereocenters. The Morgan fingerprint density at radius 2 is 2.06 bits per heavy atom. The molecular formula is C12H18N2O2. The monoisotopic (exact) mass is 222 g/mol. The van der Waals surface area contributed by atoms with Gasteiger partial charge in [-0.2, -0.15) is 0 Å². The first kappa shape index (κ1) is 12.7. The molecule has 1 amide bonds. The van der Waals surface area contributed by atoms with Gasteiger partial charge < -0.3 is 16.2 Å². The van der Waals surface area contributed by atoms with Crippen LogP contribution in [0.3, 0.4) is 0 Å². The molecule has 0 aliphatic heterocycles. The van der Waals surface area contributed by atoms with Crippen molar-refractivity contribution in [1.82, 2.24) is 5.32 Å². The van der Waals surface area contributed by atoms with Gasteiger partial charge in [-0.3, -0.25) is 4.79 Å². The number of aliphatic hydroxyl groups excluding tert-OH is 1. The first-order chi connectivity index (χ1) is 7.49. The van der Waals surface area contributed by atoms with Crippen LogP contribution in [0.2, 0.25) is 0 Å². The van der Waals surface area contributed by atoms with Crippen LogP contribution in [0.25, 0.3) is 0 Å². The van der Waals surface area contributed by atoms with E-state index in [1.165, 1.54) is 0 Å². The standard InChI is InChI=1S/C12H18N2O2/c1-9(13)11(16)14-12(2,8-15)10-6-4-3-5-7-10/h3-7,9,15H,8,13H2,1-2H3,(H,14,16)/t9-,12?/m0/s1. The molecule has 88 valence electrons. The second-order valence-corrected chi connectivity index (χ2v) is 4.13. The van der Waals surface area contributed by atoms with Gasteiger partial charge in [-0.1, -0.05) is 30.3 Å². The number of nitrogens with two attached hydrogens (primary N) is 1. The van der Waals surface area contributed by atoms with Crippen molar-refractivity contribution in [2.75, 3.05) is 6.61 Å². The first-order valence-corrected chi connectivity index (χ1v) is 5.23. The van der Waals surface area contributed by atoms with Gasteiger partial charge in [0.15, 0.2) is 0 Å². The summed E-state index contributed by atoms with van der Waals surface area (Å²) in [5.74, 6) is -0.277. The highest BCUT2D eigenvalue weighted by atomic mass is 16.3. The fourth-order valence-corrected chi connectivity index (χ4v) is 1.39. The fraction of sp³-hybridized carbons (Fsp3) is 0.417. The fourth-order valence-electron chi connectivity index (χ4n) is 1.39. The molecule has 4 heteroatoms. The molecule has 0 radical (unpaired) electrons. The van der Waals surface area contributed by atoms with E-state index in [4.69, 9.17) is 5.73 Å². The maximum Gasteiger partial charge on any atom is 0.237 e. The zero-order valence-corrected chi connectivity index (χ0v) is 9.60. The summed E-state index contributed by atoms with van der Waals surface area (Å²) >= 11 is 0. The minimum atomic E-state index is -0.786. The molecule has 4 N–H and O–H groups in total. The molecule has 0 spiro atoms. The number of hydrogen-bond donors (Lipinski definition) is 3. The van der Waals surface area contributed by atoms with Crippen molar-refractivity contribution in [2.24, 2.45) is 5.73 Å². The Morgan fingerprint density at radius 3 is 2.50 bits per heavy atom. The number of benzene rings is 1. The minimum Gasteiger partial charge on any atom is -0.394 e. The zero-order valence-electron chi connectivity index (χ0n) is 9.60. The number of rotatable bonds is 4. The van der Waals surface area contributed by atoms with E-state index in [0.29, 0.717) is 0 Å². The molecule has 0 fully saturated rings. The van der Waals surface area contributed by atoms with Crippen LogP contribution >= 0.6 is 0 Å². The third-order valence-corrected chi connectivity index (χ3v) is 2.54. The Kier molecular flexibility index (Phi) is 4.04. The van der Waals surface area contributed by atoms with Crippen molar-refractivity contribution in [3.05, 3.63) is 35.9 Å². The van der Waals surface area contributed by atoms with Crippen LogP contribution < -0.4 is 11.1 Å². The number of carbonyl (C=O) groups excluding carboxylic acids is 1. The van der Waals surface area contributed by atoms with Gasteiger partial charge in [-0.25, -0.2) is 0 Å². The molecular weight excluding hydrogens is 204 g/mol. The molecule has 0 aliphatic rings. The molecule has 1 aromatic carbocycles. The molecule has 16 heavy (non-hydrogen) atoms. The van der Waals surface area contributed by atoms with E-state index in [0.717, 1.165) is 5.56 Å². The van der Waals surface area contributed by atoms with Crippen LogP contribution in [0.15, 0.2) is 30.3 Å². The third-order valence-electron chi connectivity index (χ3n) is 2.54. The van der Waals surface area contributed by atoms with Gasteiger partial charge in [0.1, 0.15) is 0 Å². The van der Waals surface area contributed by atoms with E-state index in [2.05, 4.69) is 5.32 Å². The quantitative estimate of drug-likeness (QED) is 0.688. The van der Waals surface area contributed by atoms with Crippen LogP contribution in [-0.4, -0.2) is 23.7 Å². The second-order valence-electron chi connectivity index (χ2n) is 4.13. The van der Waals surface area contributed by atoms with Crippen molar-refractivity contribution in [3.63, 3.8) is 0 Å². The second kappa shape index (κ2) is 5.09. The van der Waals surface area contributed by atoms with Crippen molar-refractivity contribution in [2.45, 2.75) is 25.4 Å². The van der Waals surface area contributed by atoms with Gasteiger partial charge >= 0.3 is 0 Å². The third kappa shape index (κ3) is 2.81. The lowest BCUT2D eigenvalue weighted by molar-refractivity contribution is -0.124. The van der Waals surface area contributed by atoms with Gasteiger partial charge in [0.2, 0.25) is 5.91 Å². The van der Waals surface area contributed by atoms with E-state index in [1.54, 1.807) is 13.8 Å². The van der Waals surface area contributed by atoms with Crippen LogP contribution in [0.5, 0.6) is 0 Å². The first-order valence-electron chi connectivity index (χ1n) is 5.23. The molecule has 4 nitrogen and oxygen atoms in total. The molecule has 0 aliphatic carbocycles. The van der Waals surface area contributed by atoms with E-state index < -0.39 is 11.6 Å². The highest BCUT2D eigenvalue weighted by molar-refractivity contribution is 5.81. The minimum absolute atomic E-state index is 0.171. The normalized spacial score (nSPS) is 16.2. The van der Waals surface area contributed by atoms with Crippen molar-refractivity contribution in [1.29, 1.82) is 0 Å². The highest BCUT2D eigenvalue weighted by Crippen LogP contribution is 2.19. The number of carbonyl (C=O) groups is 1. The van der Waals surface area contributed by atoms with Gasteiger partial charge in [-0.05, 0) is 19.4 Å². The van der Waals surface area contributed by atoms with E-state index in [9.17, 15) is 9.90 Å². The summed E-state index contributed by atoms with van der Waals surface area (Å²) in [4.78, 5) is 11.5. The van der Waals surface area contributed by atoms with E-state index in [1.807, 2.05) is 30.3 Å². The Morgan fingerprint density at radius 1 is 1.50 bits per heavy atom. The Balaban J connectivity index is 2.90. The lowest BCUT2D eigenvalue weighted by Gasteiger charge is -2.30. The molecule has 1 unspecified atom stereocenters. The van der Waals surface area contributed by atoms with Crippen LogP contribution in [0, 0.1) is 0 Å². The highest BCUT2D eigenvalue weighted by Gasteiger charge is 2.28. The summed E-state index contributed by atoms with van der Waals surface area (Å²) in [6.07, 6.45) is 0. The molecule has 0 saturated carbocycles. The van der Waals surface area contributed by atoms with E-state index >= 15 is 0 Å². The smallest absolute Gasteiger partial charge is 0.237 e. The Labute approximate surface area is 95.5 Å². The summed E-state index contributed by atoms with van der Waals surface area (Å²) in [7, 11) is 0. The topological polar surface area (TPSA) is 75.4 Å². The summed E-state index contributed by atoms with van der Waals surface area (Å²) in [6, 6.07) is 8.74. The molecule has 1 aromatic rings. The SMILES string of the molecule is C[C@H](N)C(=O)NC(C)(CO)c1ccccc1. The summed E-state index contributed by atoms with van der Waals surface area (Å²) < 4.78 is 0. The molecule has 0 aromatic heterocycles. The predicted molar refractivity (Wildman–Crippen MR) is 62.7 cm³/mol. The van der Waals surface area contributed by atoms with Gasteiger partial charge in [0.05, 0.1) is 18.2 Å². The average Bonchev–Trinajstić information content (AvgIpc) is 2.29. The van der Waals surface area contributed by atoms with Crippen LogP contribution in [0.1, 0.15) is 19.4 Å². The summed E-state index contributed by atoms with van der Waals surface area (Å²) in [5.41, 5.74) is 5.55. The maximum absolute atomic E-state index is 11.5. The van der Waals surface area contributed by atoms with E-state index in [-0.39, 0.29) is 12.5 Å².